The molecule has 0 aliphatic carbocycles. The highest BCUT2D eigenvalue weighted by Gasteiger charge is 2.23. The van der Waals surface area contributed by atoms with Gasteiger partial charge in [0.2, 0.25) is 10.0 Å². The van der Waals surface area contributed by atoms with Crippen molar-refractivity contribution in [3.8, 4) is 11.1 Å². The van der Waals surface area contributed by atoms with Gasteiger partial charge in [0.25, 0.3) is 12.3 Å². The lowest BCUT2D eigenvalue weighted by Gasteiger charge is -2.27. The number of halogens is 2. The molecule has 1 aliphatic heterocycles. The molecular weight excluding hydrogens is 562 g/mol. The van der Waals surface area contributed by atoms with E-state index >= 15 is 0 Å². The highest BCUT2D eigenvalue weighted by Crippen LogP contribution is 2.39. The maximum Gasteiger partial charge on any atom is 0.263 e. The van der Waals surface area contributed by atoms with Crippen molar-refractivity contribution in [3.63, 3.8) is 0 Å². The number of sulfonamides is 1. The van der Waals surface area contributed by atoms with Crippen molar-refractivity contribution in [2.24, 2.45) is 5.73 Å². The summed E-state index contributed by atoms with van der Waals surface area (Å²) in [7, 11) is -3.30. The second-order valence-electron chi connectivity index (χ2n) is 10.3. The number of hydrogen-bond acceptors (Lipinski definition) is 5. The van der Waals surface area contributed by atoms with Gasteiger partial charge in [-0.3, -0.25) is 4.79 Å². The molecule has 0 spiro atoms. The minimum atomic E-state index is -3.30. The molecule has 1 amide bonds. The van der Waals surface area contributed by atoms with Gasteiger partial charge in [0.15, 0.2) is 0 Å². The Hall–Kier alpha value is -4.06. The van der Waals surface area contributed by atoms with Gasteiger partial charge in [0, 0.05) is 47.7 Å². The van der Waals surface area contributed by atoms with Crippen molar-refractivity contribution >= 4 is 43.8 Å². The van der Waals surface area contributed by atoms with Crippen molar-refractivity contribution in [2.45, 2.75) is 19.8 Å². The van der Waals surface area contributed by atoms with Crippen LogP contribution in [0.1, 0.15) is 40.0 Å². The molecule has 1 aromatic heterocycles. The van der Waals surface area contributed by atoms with Gasteiger partial charge in [0.1, 0.15) is 0 Å². The molecule has 4 aromatic rings. The van der Waals surface area contributed by atoms with Gasteiger partial charge in [-0.1, -0.05) is 36.4 Å². The van der Waals surface area contributed by atoms with E-state index in [9.17, 15) is 27.1 Å². The molecule has 4 N–H and O–H groups in total. The van der Waals surface area contributed by atoms with E-state index in [1.54, 1.807) is 18.2 Å². The number of hydrogen-bond donors (Lipinski definition) is 3. The number of primary amides is 1. The lowest BCUT2D eigenvalue weighted by molar-refractivity contribution is 0.100. The molecule has 0 bridgehead atoms. The smallest absolute Gasteiger partial charge is 0.263 e. The fraction of sp³-hybridized carbons (Fsp3) is 0.258. The van der Waals surface area contributed by atoms with Gasteiger partial charge in [-0.25, -0.2) is 17.2 Å². The third-order valence-corrected chi connectivity index (χ3v) is 8.98. The zero-order chi connectivity index (χ0) is 30.2. The van der Waals surface area contributed by atoms with Crippen LogP contribution < -0.4 is 10.6 Å². The Kier molecular flexibility index (Phi) is 8.18. The molecule has 0 unspecified atom stereocenters. The number of rotatable bonds is 9. The predicted molar refractivity (Wildman–Crippen MR) is 161 cm³/mol. The molecule has 0 saturated heterocycles. The topological polar surface area (TPSA) is 120 Å². The van der Waals surface area contributed by atoms with E-state index in [0.717, 1.165) is 39.0 Å². The number of H-pyrrole nitrogens is 1. The normalized spacial score (nSPS) is 14.4. The summed E-state index contributed by atoms with van der Waals surface area (Å²) in [5.74, 6) is -0.576. The van der Waals surface area contributed by atoms with Crippen molar-refractivity contribution in [2.75, 3.05) is 37.4 Å². The van der Waals surface area contributed by atoms with Gasteiger partial charge in [-0.15, -0.1) is 0 Å². The molecule has 1 aliphatic rings. The first-order chi connectivity index (χ1) is 20.0. The van der Waals surface area contributed by atoms with Crippen molar-refractivity contribution in [1.29, 1.82) is 0 Å². The minimum Gasteiger partial charge on any atom is -0.395 e. The first kappa shape index (κ1) is 29.4. The lowest BCUT2D eigenvalue weighted by Crippen LogP contribution is -2.33. The van der Waals surface area contributed by atoms with Crippen LogP contribution in [0.15, 0.2) is 66.7 Å². The van der Waals surface area contributed by atoms with Crippen LogP contribution in [-0.4, -0.2) is 61.2 Å². The van der Waals surface area contributed by atoms with Gasteiger partial charge in [-0.2, -0.15) is 4.31 Å². The van der Waals surface area contributed by atoms with Gasteiger partial charge < -0.3 is 20.7 Å². The van der Waals surface area contributed by atoms with Gasteiger partial charge >= 0.3 is 0 Å². The zero-order valence-electron chi connectivity index (χ0n) is 23.3. The van der Waals surface area contributed by atoms with Crippen LogP contribution in [0.5, 0.6) is 0 Å². The largest absolute Gasteiger partial charge is 0.395 e. The minimum absolute atomic E-state index is 0.0783. The number of aromatic amines is 1. The number of benzene rings is 3. The zero-order valence-corrected chi connectivity index (χ0v) is 24.1. The van der Waals surface area contributed by atoms with Crippen LogP contribution in [0, 0.1) is 6.92 Å². The molecule has 8 nitrogen and oxygen atoms in total. The SMILES string of the molecule is Cc1c(-c2ccc(C(N)=O)c3[nH]c(C4=CCN(S(C)(=O)=O)CC4)cc23)cccc1N(CCO)c1ccc(C(F)F)cc1. The third-order valence-electron chi connectivity index (χ3n) is 7.71. The summed E-state index contributed by atoms with van der Waals surface area (Å²) in [5, 5.41) is 10.6. The lowest BCUT2D eigenvalue weighted by atomic mass is 9.94. The second kappa shape index (κ2) is 11.7. The molecule has 0 saturated carbocycles. The van der Waals surface area contributed by atoms with Crippen LogP contribution in [-0.2, 0) is 10.0 Å². The standard InChI is InChI=1S/C31H32F2N4O4S/c1-19-23(4-3-5-28(19)37(16-17-38)22-8-6-21(7-9-22)30(32)33)24-10-11-25(31(34)39)29-26(24)18-27(35-29)20-12-14-36(15-13-20)42(2,40)41/h3-12,18,30,35,38H,13-17H2,1-2H3,(H2,34,39). The molecule has 11 heteroatoms. The van der Waals surface area contributed by atoms with Crippen LogP contribution in [0.4, 0.5) is 20.2 Å². The number of anilines is 2. The summed E-state index contributed by atoms with van der Waals surface area (Å²) in [6.07, 6.45) is 0.999. The van der Waals surface area contributed by atoms with E-state index in [-0.39, 0.29) is 25.3 Å². The van der Waals surface area contributed by atoms with Crippen molar-refractivity contribution in [3.05, 3.63) is 89.1 Å². The molecular formula is C31H32F2N4O4S. The number of alkyl halides is 2. The average Bonchev–Trinajstić information content (AvgIpc) is 3.41. The summed E-state index contributed by atoms with van der Waals surface area (Å²) in [6.45, 7) is 2.68. The second-order valence-corrected chi connectivity index (χ2v) is 12.3. The molecule has 0 fully saturated rings. The quantitative estimate of drug-likeness (QED) is 0.241. The number of fused-ring (bicyclic) bond motifs is 1. The van der Waals surface area contributed by atoms with Gasteiger partial charge in [0.05, 0.1) is 23.9 Å². The highest BCUT2D eigenvalue weighted by atomic mass is 32.2. The maximum absolute atomic E-state index is 13.2. The first-order valence-corrected chi connectivity index (χ1v) is 15.3. The van der Waals surface area contributed by atoms with Crippen LogP contribution >= 0.6 is 0 Å². The van der Waals surface area contributed by atoms with E-state index in [1.165, 1.54) is 22.7 Å². The Balaban J connectivity index is 1.61. The van der Waals surface area contributed by atoms with Crippen LogP contribution in [0.3, 0.4) is 0 Å². The fourth-order valence-corrected chi connectivity index (χ4v) is 6.29. The molecule has 42 heavy (non-hydrogen) atoms. The number of amides is 1. The van der Waals surface area contributed by atoms with Crippen molar-refractivity contribution in [1.82, 2.24) is 9.29 Å². The molecule has 0 atom stereocenters. The predicted octanol–water partition coefficient (Wildman–Crippen LogP) is 5.36. The number of nitrogens with two attached hydrogens (primary N) is 1. The Morgan fingerprint density at radius 3 is 2.45 bits per heavy atom. The van der Waals surface area contributed by atoms with Crippen LogP contribution in [0.2, 0.25) is 0 Å². The number of nitrogens with zero attached hydrogens (tertiary/aromatic N) is 2. The van der Waals surface area contributed by atoms with Crippen LogP contribution in [0.25, 0.3) is 27.6 Å². The molecule has 2 heterocycles. The summed E-state index contributed by atoms with van der Waals surface area (Å²) in [6, 6.07) is 17.2. The summed E-state index contributed by atoms with van der Waals surface area (Å²) >= 11 is 0. The van der Waals surface area contributed by atoms with E-state index in [4.69, 9.17) is 5.73 Å². The Labute approximate surface area is 243 Å². The highest BCUT2D eigenvalue weighted by molar-refractivity contribution is 7.88. The van der Waals surface area contributed by atoms with Crippen molar-refractivity contribution < 1.29 is 27.1 Å². The molecule has 5 rings (SSSR count). The summed E-state index contributed by atoms with van der Waals surface area (Å²) in [5.41, 5.74) is 12.4. The summed E-state index contributed by atoms with van der Waals surface area (Å²) < 4.78 is 51.6. The first-order valence-electron chi connectivity index (χ1n) is 13.5. The Morgan fingerprint density at radius 2 is 1.86 bits per heavy atom. The van der Waals surface area contributed by atoms with E-state index < -0.39 is 22.4 Å². The van der Waals surface area contributed by atoms with E-state index in [1.807, 2.05) is 48.2 Å². The number of aliphatic hydroxyl groups is 1. The van der Waals surface area contributed by atoms with E-state index in [0.29, 0.717) is 29.7 Å². The third kappa shape index (κ3) is 5.67. The number of carbonyl (C=O) groups excluding carboxylic acids is 1. The summed E-state index contributed by atoms with van der Waals surface area (Å²) in [4.78, 5) is 17.6. The molecule has 220 valence electrons. The maximum atomic E-state index is 13.2. The Bertz CT molecular complexity index is 1780. The number of aliphatic hydroxyl groups excluding tert-OH is 1. The van der Waals surface area contributed by atoms with E-state index in [2.05, 4.69) is 4.98 Å². The molecule has 0 radical (unpaired) electrons. The number of aromatic nitrogens is 1. The number of nitrogens with one attached hydrogen (secondary N) is 1. The fourth-order valence-electron chi connectivity index (χ4n) is 5.52. The average molecular weight is 595 g/mol. The van der Waals surface area contributed by atoms with Gasteiger partial charge in [-0.05, 0) is 65.9 Å². The Morgan fingerprint density at radius 1 is 1.12 bits per heavy atom. The monoisotopic (exact) mass is 594 g/mol. The number of carbonyl (C=O) groups is 1. The molecule has 3 aromatic carbocycles.